The Bertz CT molecular complexity index is 2400. The maximum absolute atomic E-state index is 12.1. The van der Waals surface area contributed by atoms with Crippen LogP contribution < -0.4 is 4.57 Å². The van der Waals surface area contributed by atoms with E-state index in [1.165, 1.54) is 46.6 Å². The lowest BCUT2D eigenvalue weighted by Crippen LogP contribution is -2.39. The number of aromatic nitrogens is 1. The van der Waals surface area contributed by atoms with Crippen LogP contribution in [0.3, 0.4) is 0 Å². The van der Waals surface area contributed by atoms with Gasteiger partial charge in [0.2, 0.25) is 0 Å². The van der Waals surface area contributed by atoms with Gasteiger partial charge in [-0.05, 0) is 161 Å². The largest absolute Gasteiger partial charge is 0.310 e. The number of hydrogen-bond acceptors (Lipinski definition) is 6. The first-order valence-electron chi connectivity index (χ1n) is 38.2. The molecule has 2 aliphatic heterocycles. The Morgan fingerprint density at radius 2 is 0.615 bits per heavy atom. The number of aryl methyl sites for hydroxylation is 3. The van der Waals surface area contributed by atoms with Gasteiger partial charge in [0, 0.05) is 58.2 Å². The standard InChI is InChI=1S/2C14H11NO2.C10H12.C8H16.C7H10N.2C4H11N.13C2H6/c2*1-2-15-13(16)10-7-3-5-9-6-4-8-11(12(9)10)14(15)17;1-2-6-10-8-4-3-7-9(10)5-1;1-6(2)8(5)7(3)4;1-2-8-6-4-3-5-7-8;2*1-4-5(2)3;13*1-2/h2*3-8H,2H2,1H3;1-2,5-6H,3-4,7-8H2;6H,1-5H3;3-7H,2H2,1H3;2*4H2,1-3H3;13*1-2H3/q;;;;+1;;;;;;;;;;;;;;;. The van der Waals surface area contributed by atoms with E-state index in [0.29, 0.717) is 35.3 Å². The topological polar surface area (TPSA) is 85.1 Å². The summed E-state index contributed by atoms with van der Waals surface area (Å²) in [5.41, 5.74) is 8.63. The molecule has 556 valence electrons. The van der Waals surface area contributed by atoms with E-state index < -0.39 is 0 Å². The number of allylic oxidation sites excluding steroid dienone is 2. The minimum absolute atomic E-state index is 0.193. The fourth-order valence-corrected chi connectivity index (χ4v) is 7.63. The van der Waals surface area contributed by atoms with Gasteiger partial charge >= 0.3 is 0 Å². The molecule has 9 nitrogen and oxygen atoms in total. The third kappa shape index (κ3) is 47.6. The fraction of sp³-hybridized carbons (Fsp3) is 0.575. The molecule has 6 aromatic rings. The van der Waals surface area contributed by atoms with Crippen molar-refractivity contribution in [2.75, 3.05) is 54.4 Å². The molecule has 0 fully saturated rings. The Balaban J connectivity index is -0.0000000950. The Labute approximate surface area is 599 Å². The monoisotopic (exact) mass is 1340 g/mol. The number of carbonyl (C=O) groups excluding carboxylic acids is 4. The van der Waals surface area contributed by atoms with Crippen molar-refractivity contribution >= 4 is 45.2 Å². The van der Waals surface area contributed by atoms with E-state index in [-0.39, 0.29) is 23.6 Å². The molecule has 3 aliphatic rings. The summed E-state index contributed by atoms with van der Waals surface area (Å²) in [5, 5.41) is 3.46. The lowest BCUT2D eigenvalue weighted by molar-refractivity contribution is -0.693. The van der Waals surface area contributed by atoms with Crippen molar-refractivity contribution in [2.24, 2.45) is 5.92 Å². The average molecular weight is 1340 g/mol. The quantitative estimate of drug-likeness (QED) is 0.0938. The molecular weight excluding hydrogens is 1180 g/mol. The summed E-state index contributed by atoms with van der Waals surface area (Å²) in [6, 6.07) is 37.1. The van der Waals surface area contributed by atoms with Gasteiger partial charge in [-0.2, -0.15) is 0 Å². The third-order valence-corrected chi connectivity index (χ3v) is 12.7. The molecular formula is C87H160N5O4+. The summed E-state index contributed by atoms with van der Waals surface area (Å²) < 4.78 is 2.12. The SMILES string of the molecule is CC.CC.CC.CC.CC.CC.CC.CC.CC.CC.CC.CC.CC.CC(C)=C(C)C(C)C.CCN(C)C.CCN(C)C.CCN1C(=O)c2cccc3cccc(c23)C1=O.CCN1C(=O)c2cccc3cccc(c23)C1=O.CC[n+]1ccccc1.c1ccc2c(c1)CCCC2. The van der Waals surface area contributed by atoms with Crippen molar-refractivity contribution in [3.8, 4) is 0 Å². The van der Waals surface area contributed by atoms with Crippen LogP contribution >= 0.6 is 0 Å². The van der Waals surface area contributed by atoms with E-state index in [4.69, 9.17) is 0 Å². The zero-order valence-electron chi connectivity index (χ0n) is 70.9. The first kappa shape index (κ1) is 114. The molecule has 0 spiro atoms. The molecule has 9 heteroatoms. The molecule has 5 aromatic carbocycles. The van der Waals surface area contributed by atoms with E-state index in [1.807, 2.05) is 261 Å². The lowest BCUT2D eigenvalue weighted by Gasteiger charge is -2.25. The Morgan fingerprint density at radius 3 is 0.781 bits per heavy atom. The van der Waals surface area contributed by atoms with Crippen LogP contribution in [0.4, 0.5) is 0 Å². The summed E-state index contributed by atoms with van der Waals surface area (Å²) in [7, 11) is 8.22. The summed E-state index contributed by atoms with van der Waals surface area (Å²) in [6.07, 6.45) is 9.49. The van der Waals surface area contributed by atoms with Gasteiger partial charge in [-0.15, -0.1) is 0 Å². The maximum atomic E-state index is 12.1. The predicted octanol–water partition coefficient (Wildman–Crippen LogP) is 25.9. The van der Waals surface area contributed by atoms with Gasteiger partial charge in [-0.25, -0.2) is 4.57 Å². The molecule has 1 aliphatic carbocycles. The van der Waals surface area contributed by atoms with Crippen LogP contribution in [0.25, 0.3) is 21.5 Å². The molecule has 0 atom stereocenters. The number of rotatable bonds is 6. The number of imide groups is 2. The zero-order chi connectivity index (χ0) is 77.9. The van der Waals surface area contributed by atoms with Crippen LogP contribution in [-0.4, -0.2) is 97.6 Å². The van der Waals surface area contributed by atoms with Crippen molar-refractivity contribution in [1.82, 2.24) is 19.6 Å². The van der Waals surface area contributed by atoms with Crippen molar-refractivity contribution in [3.63, 3.8) is 0 Å². The highest BCUT2D eigenvalue weighted by atomic mass is 16.2. The normalized spacial score (nSPS) is 10.2. The lowest BCUT2D eigenvalue weighted by atomic mass is 9.92. The second-order valence-electron chi connectivity index (χ2n) is 18.4. The Hall–Kier alpha value is -6.29. The van der Waals surface area contributed by atoms with Gasteiger partial charge in [-0.3, -0.25) is 29.0 Å². The number of nitrogens with zero attached hydrogens (tertiary/aromatic N) is 5. The van der Waals surface area contributed by atoms with Crippen LogP contribution in [0.5, 0.6) is 0 Å². The first-order valence-corrected chi connectivity index (χ1v) is 38.2. The minimum atomic E-state index is -0.193. The number of hydrogen-bond donors (Lipinski definition) is 0. The van der Waals surface area contributed by atoms with Crippen LogP contribution in [0, 0.1) is 5.92 Å². The number of fused-ring (bicyclic) bond motifs is 1. The van der Waals surface area contributed by atoms with E-state index in [2.05, 4.69) is 135 Å². The van der Waals surface area contributed by atoms with E-state index in [1.54, 1.807) is 35.4 Å². The smallest absolute Gasteiger partial charge is 0.261 e. The van der Waals surface area contributed by atoms with E-state index >= 15 is 0 Å². The highest BCUT2D eigenvalue weighted by Crippen LogP contribution is 2.31. The van der Waals surface area contributed by atoms with Crippen molar-refractivity contribution in [2.45, 2.75) is 281 Å². The molecule has 0 saturated heterocycles. The molecule has 4 amide bonds. The number of benzene rings is 5. The predicted molar refractivity (Wildman–Crippen MR) is 440 cm³/mol. The highest BCUT2D eigenvalue weighted by Gasteiger charge is 2.32. The molecule has 0 bridgehead atoms. The van der Waals surface area contributed by atoms with Crippen LogP contribution in [0.2, 0.25) is 0 Å². The number of carbonyl (C=O) groups is 4. The summed E-state index contributed by atoms with van der Waals surface area (Å²) >= 11 is 0. The molecule has 9 rings (SSSR count). The van der Waals surface area contributed by atoms with Gasteiger partial charge in [0.1, 0.15) is 6.54 Å². The van der Waals surface area contributed by atoms with Crippen molar-refractivity contribution < 1.29 is 23.7 Å². The number of amides is 4. The van der Waals surface area contributed by atoms with Gasteiger partial charge in [0.25, 0.3) is 23.6 Å². The summed E-state index contributed by atoms with van der Waals surface area (Å²) in [6.45, 7) is 77.1. The molecule has 0 saturated carbocycles. The summed E-state index contributed by atoms with van der Waals surface area (Å²) in [4.78, 5) is 55.4. The Kier molecular flexibility index (Phi) is 101. The van der Waals surface area contributed by atoms with Crippen molar-refractivity contribution in [3.05, 3.63) is 172 Å². The maximum Gasteiger partial charge on any atom is 0.261 e. The average Bonchev–Trinajstić information content (AvgIpc) is 0.765. The van der Waals surface area contributed by atoms with Crippen LogP contribution in [0.1, 0.15) is 315 Å². The molecule has 1 aromatic heterocycles. The molecule has 96 heavy (non-hydrogen) atoms. The molecule has 0 radical (unpaired) electrons. The van der Waals surface area contributed by atoms with Crippen molar-refractivity contribution in [1.29, 1.82) is 0 Å². The second-order valence-corrected chi connectivity index (χ2v) is 18.4. The van der Waals surface area contributed by atoms with E-state index in [0.717, 1.165) is 47.1 Å². The minimum Gasteiger partial charge on any atom is -0.310 e. The fourth-order valence-electron chi connectivity index (χ4n) is 7.63. The van der Waals surface area contributed by atoms with Crippen LogP contribution in [0.15, 0.2) is 139 Å². The third-order valence-electron chi connectivity index (χ3n) is 12.7. The Morgan fingerprint density at radius 1 is 0.375 bits per heavy atom. The molecule has 3 heterocycles. The number of pyridine rings is 1. The first-order chi connectivity index (χ1) is 46.5. The zero-order valence-corrected chi connectivity index (χ0v) is 70.9. The van der Waals surface area contributed by atoms with Gasteiger partial charge in [0.05, 0.1) is 0 Å². The molecule has 0 unspecified atom stereocenters. The van der Waals surface area contributed by atoms with Gasteiger partial charge in [-0.1, -0.05) is 298 Å². The second kappa shape index (κ2) is 84.8. The van der Waals surface area contributed by atoms with Gasteiger partial charge < -0.3 is 9.80 Å². The highest BCUT2D eigenvalue weighted by molar-refractivity contribution is 6.26. The van der Waals surface area contributed by atoms with Gasteiger partial charge in [0.15, 0.2) is 12.4 Å². The summed E-state index contributed by atoms with van der Waals surface area (Å²) in [5.74, 6) is -0.0489. The van der Waals surface area contributed by atoms with Crippen LogP contribution in [-0.2, 0) is 19.4 Å². The molecule has 0 N–H and O–H groups in total. The van der Waals surface area contributed by atoms with E-state index in [9.17, 15) is 19.2 Å².